The smallest absolute Gasteiger partial charge is 0.312 e. The first kappa shape index (κ1) is 14.1. The van der Waals surface area contributed by atoms with Crippen molar-refractivity contribution in [3.8, 4) is 0 Å². The molecule has 1 N–H and O–H groups in total. The van der Waals surface area contributed by atoms with Crippen LogP contribution in [-0.4, -0.2) is 30.3 Å². The van der Waals surface area contributed by atoms with Crippen LogP contribution in [0.15, 0.2) is 0 Å². The molecule has 1 atom stereocenters. The Morgan fingerprint density at radius 2 is 1.79 bits per heavy atom. The zero-order valence-electron chi connectivity index (χ0n) is 9.40. The molecule has 0 heterocycles. The Morgan fingerprint density at radius 1 is 1.21 bits per heavy atom. The topological polar surface area (TPSA) is 49.8 Å². The molecule has 0 aliphatic carbocycles. The highest BCUT2D eigenvalue weighted by atomic mass is 31.2. The predicted octanol–water partition coefficient (Wildman–Crippen LogP) is 2.64. The number of rotatable bonds is 8. The Kier molecular flexibility index (Phi) is 7.47. The van der Waals surface area contributed by atoms with Crippen LogP contribution in [0.1, 0.15) is 39.0 Å². The molecular weight excluding hydrogens is 201 g/mol. The van der Waals surface area contributed by atoms with Gasteiger partial charge in [-0.3, -0.25) is 4.52 Å². The highest BCUT2D eigenvalue weighted by molar-refractivity contribution is 7.50. The molecule has 0 saturated carbocycles. The van der Waals surface area contributed by atoms with Gasteiger partial charge in [-0.2, -0.15) is 0 Å². The summed E-state index contributed by atoms with van der Waals surface area (Å²) in [5.41, 5.74) is 0. The molecule has 0 rings (SSSR count). The first-order chi connectivity index (χ1) is 6.50. The van der Waals surface area contributed by atoms with Gasteiger partial charge in [-0.15, -0.1) is 0 Å². The molecule has 4 nitrogen and oxygen atoms in total. The molecule has 0 fully saturated rings. The van der Waals surface area contributed by atoms with E-state index in [0.29, 0.717) is 6.61 Å². The van der Waals surface area contributed by atoms with Crippen LogP contribution in [0.4, 0.5) is 0 Å². The summed E-state index contributed by atoms with van der Waals surface area (Å²) in [5.74, 6) is 0. The molecule has 0 aliphatic rings. The van der Waals surface area contributed by atoms with Gasteiger partial charge in [0.25, 0.3) is 0 Å². The molecular formula is C9H22NO3P. The number of unbranched alkanes of at least 4 members (excludes halogenated alkanes) is 4. The maximum absolute atomic E-state index is 11.3. The maximum Gasteiger partial charge on any atom is 0.405 e. The highest BCUT2D eigenvalue weighted by Crippen LogP contribution is 2.43. The second-order valence-corrected chi connectivity index (χ2v) is 5.62. The van der Waals surface area contributed by atoms with Crippen LogP contribution in [0, 0.1) is 0 Å². The van der Waals surface area contributed by atoms with Gasteiger partial charge in [-0.1, -0.05) is 32.6 Å². The first-order valence-electron chi connectivity index (χ1n) is 5.16. The van der Waals surface area contributed by atoms with Crippen molar-refractivity contribution in [1.29, 1.82) is 0 Å². The molecule has 0 aromatic carbocycles. The van der Waals surface area contributed by atoms with E-state index < -0.39 is 7.75 Å². The molecule has 0 saturated heterocycles. The Hall–Kier alpha value is 0.110. The lowest BCUT2D eigenvalue weighted by molar-refractivity contribution is 0.217. The number of hydrogen-bond acceptors (Lipinski definition) is 2. The molecule has 0 radical (unpaired) electrons. The van der Waals surface area contributed by atoms with Gasteiger partial charge in [-0.25, -0.2) is 9.24 Å². The summed E-state index contributed by atoms with van der Waals surface area (Å²) in [6.07, 6.45) is 5.54. The van der Waals surface area contributed by atoms with Crippen LogP contribution >= 0.6 is 7.75 Å². The van der Waals surface area contributed by atoms with Gasteiger partial charge >= 0.3 is 7.75 Å². The summed E-state index contributed by atoms with van der Waals surface area (Å²) in [4.78, 5) is 9.25. The summed E-state index contributed by atoms with van der Waals surface area (Å²) < 4.78 is 17.4. The number of nitrogens with zero attached hydrogens (tertiary/aromatic N) is 1. The van der Waals surface area contributed by atoms with Crippen LogP contribution in [0.25, 0.3) is 0 Å². The van der Waals surface area contributed by atoms with Crippen molar-refractivity contribution in [3.05, 3.63) is 0 Å². The average Bonchev–Trinajstić information content (AvgIpc) is 2.10. The largest absolute Gasteiger partial charge is 0.405 e. The van der Waals surface area contributed by atoms with Gasteiger partial charge in [0.15, 0.2) is 0 Å². The lowest BCUT2D eigenvalue weighted by Gasteiger charge is -2.17. The SMILES string of the molecule is CCCCCCCOP(=O)(O)N(C)C. The zero-order valence-corrected chi connectivity index (χ0v) is 10.3. The van der Waals surface area contributed by atoms with Crippen LogP contribution in [0.5, 0.6) is 0 Å². The van der Waals surface area contributed by atoms with Crippen molar-refractivity contribution in [3.63, 3.8) is 0 Å². The van der Waals surface area contributed by atoms with E-state index >= 15 is 0 Å². The lowest BCUT2D eigenvalue weighted by Crippen LogP contribution is -2.10. The van der Waals surface area contributed by atoms with Crippen molar-refractivity contribution >= 4 is 7.75 Å². The van der Waals surface area contributed by atoms with Crippen molar-refractivity contribution < 1.29 is 14.0 Å². The average molecular weight is 223 g/mol. The minimum Gasteiger partial charge on any atom is -0.312 e. The third-order valence-electron chi connectivity index (χ3n) is 2.01. The van der Waals surface area contributed by atoms with Gasteiger partial charge in [0.1, 0.15) is 0 Å². The van der Waals surface area contributed by atoms with Gasteiger partial charge in [-0.05, 0) is 20.5 Å². The number of hydrogen-bond donors (Lipinski definition) is 1. The molecule has 14 heavy (non-hydrogen) atoms. The minimum atomic E-state index is -3.49. The van der Waals surface area contributed by atoms with E-state index in [1.54, 1.807) is 0 Å². The van der Waals surface area contributed by atoms with Gasteiger partial charge in [0, 0.05) is 0 Å². The lowest BCUT2D eigenvalue weighted by atomic mass is 10.2. The molecule has 0 amide bonds. The normalized spacial score (nSPS) is 15.8. The zero-order chi connectivity index (χ0) is 11.0. The van der Waals surface area contributed by atoms with Gasteiger partial charge in [0.05, 0.1) is 6.61 Å². The fourth-order valence-corrected chi connectivity index (χ4v) is 1.60. The van der Waals surface area contributed by atoms with E-state index in [1.165, 1.54) is 38.0 Å². The molecule has 1 unspecified atom stereocenters. The summed E-state index contributed by atoms with van der Waals surface area (Å²) in [7, 11) is -0.408. The monoisotopic (exact) mass is 223 g/mol. The summed E-state index contributed by atoms with van der Waals surface area (Å²) in [6, 6.07) is 0. The second kappa shape index (κ2) is 7.41. The highest BCUT2D eigenvalue weighted by Gasteiger charge is 2.21. The minimum absolute atomic E-state index is 0.371. The molecule has 5 heteroatoms. The summed E-state index contributed by atoms with van der Waals surface area (Å²) >= 11 is 0. The molecule has 0 spiro atoms. The van der Waals surface area contributed by atoms with E-state index in [0.717, 1.165) is 12.8 Å². The summed E-state index contributed by atoms with van der Waals surface area (Å²) in [5, 5.41) is 0. The van der Waals surface area contributed by atoms with Crippen molar-refractivity contribution in [2.24, 2.45) is 0 Å². The first-order valence-corrected chi connectivity index (χ1v) is 6.69. The van der Waals surface area contributed by atoms with E-state index in [4.69, 9.17) is 4.52 Å². The Balaban J connectivity index is 3.40. The molecule has 0 aromatic rings. The van der Waals surface area contributed by atoms with E-state index in [9.17, 15) is 9.46 Å². The predicted molar refractivity (Wildman–Crippen MR) is 58.2 cm³/mol. The molecule has 86 valence electrons. The third-order valence-corrected chi connectivity index (χ3v) is 3.54. The van der Waals surface area contributed by atoms with E-state index in [-0.39, 0.29) is 0 Å². The molecule has 0 aromatic heterocycles. The standard InChI is InChI=1S/C9H22NO3P/c1-4-5-6-7-8-9-13-14(11,12)10(2)3/h4-9H2,1-3H3,(H,11,12). The third kappa shape index (κ3) is 6.55. The van der Waals surface area contributed by atoms with Crippen molar-refractivity contribution in [2.75, 3.05) is 20.7 Å². The van der Waals surface area contributed by atoms with Gasteiger partial charge < -0.3 is 4.89 Å². The van der Waals surface area contributed by atoms with Crippen LogP contribution < -0.4 is 0 Å². The quantitative estimate of drug-likeness (QED) is 0.507. The maximum atomic E-state index is 11.3. The summed E-state index contributed by atoms with van der Waals surface area (Å²) in [6.45, 7) is 2.53. The van der Waals surface area contributed by atoms with Crippen molar-refractivity contribution in [1.82, 2.24) is 4.67 Å². The van der Waals surface area contributed by atoms with Crippen LogP contribution in [-0.2, 0) is 9.09 Å². The van der Waals surface area contributed by atoms with E-state index in [1.807, 2.05) is 0 Å². The second-order valence-electron chi connectivity index (χ2n) is 3.59. The Morgan fingerprint density at radius 3 is 2.29 bits per heavy atom. The fourth-order valence-electron chi connectivity index (χ4n) is 1.00. The van der Waals surface area contributed by atoms with Crippen LogP contribution in [0.3, 0.4) is 0 Å². The fraction of sp³-hybridized carbons (Fsp3) is 1.00. The van der Waals surface area contributed by atoms with Gasteiger partial charge in [0.2, 0.25) is 0 Å². The molecule has 0 bridgehead atoms. The Bertz CT molecular complexity index is 185. The molecule has 0 aliphatic heterocycles. The van der Waals surface area contributed by atoms with Crippen molar-refractivity contribution in [2.45, 2.75) is 39.0 Å². The van der Waals surface area contributed by atoms with Crippen LogP contribution in [0.2, 0.25) is 0 Å². The Labute approximate surface area is 86.8 Å². The van der Waals surface area contributed by atoms with E-state index in [2.05, 4.69) is 6.92 Å².